The Balaban J connectivity index is 1.38. The predicted octanol–water partition coefficient (Wildman–Crippen LogP) is 2.74. The van der Waals surface area contributed by atoms with Gasteiger partial charge in [0, 0.05) is 23.7 Å². The van der Waals surface area contributed by atoms with Gasteiger partial charge in [0.25, 0.3) is 5.91 Å². The van der Waals surface area contributed by atoms with E-state index < -0.39 is 0 Å². The van der Waals surface area contributed by atoms with Gasteiger partial charge in [0.05, 0.1) is 6.20 Å². The normalized spacial score (nSPS) is 25.5. The summed E-state index contributed by atoms with van der Waals surface area (Å²) in [5.41, 5.74) is 0.602. The van der Waals surface area contributed by atoms with Gasteiger partial charge in [-0.1, -0.05) is 0 Å². The Kier molecular flexibility index (Phi) is 3.71. The number of aromatic nitrogens is 1. The molecule has 2 bridgehead atoms. The molecule has 1 aromatic heterocycles. The summed E-state index contributed by atoms with van der Waals surface area (Å²) in [6.07, 6.45) is 4.81. The highest BCUT2D eigenvalue weighted by atomic mass is 35.5. The van der Waals surface area contributed by atoms with Gasteiger partial charge in [-0.25, -0.2) is 0 Å². The molecule has 1 amide bonds. The van der Waals surface area contributed by atoms with Crippen molar-refractivity contribution in [3.63, 3.8) is 0 Å². The highest BCUT2D eigenvalue weighted by Gasteiger charge is 2.39. The summed E-state index contributed by atoms with van der Waals surface area (Å²) in [5, 5.41) is 6.78. The molecule has 0 saturated carbocycles. The maximum absolute atomic E-state index is 12.3. The third kappa shape index (κ3) is 3.04. The number of carbonyl (C=O) groups excluding carboxylic acids is 1. The summed E-state index contributed by atoms with van der Waals surface area (Å²) in [5.74, 6) is 0.469. The highest BCUT2D eigenvalue weighted by molar-refractivity contribution is 6.28. The molecule has 2 saturated heterocycles. The van der Waals surface area contributed by atoms with Crippen molar-refractivity contribution in [2.45, 2.75) is 37.4 Å². The van der Waals surface area contributed by atoms with Crippen molar-refractivity contribution in [2.75, 3.05) is 0 Å². The molecule has 3 heterocycles. The summed E-state index contributed by atoms with van der Waals surface area (Å²) in [6.45, 7) is 0. The van der Waals surface area contributed by atoms with Gasteiger partial charge in [-0.2, -0.15) is 4.98 Å². The molecule has 2 N–H and O–H groups in total. The molecule has 3 atom stereocenters. The van der Waals surface area contributed by atoms with Crippen molar-refractivity contribution in [1.82, 2.24) is 15.6 Å². The Morgan fingerprint density at radius 3 is 2.78 bits per heavy atom. The molecule has 0 radical (unpaired) electrons. The maximum Gasteiger partial charge on any atom is 0.400 e. The second-order valence-corrected chi connectivity index (χ2v) is 6.29. The zero-order chi connectivity index (χ0) is 15.8. The van der Waals surface area contributed by atoms with E-state index in [0.717, 1.165) is 12.8 Å². The van der Waals surface area contributed by atoms with Gasteiger partial charge in [0.1, 0.15) is 5.75 Å². The van der Waals surface area contributed by atoms with E-state index in [9.17, 15) is 4.79 Å². The molecule has 7 heteroatoms. The van der Waals surface area contributed by atoms with E-state index >= 15 is 0 Å². The van der Waals surface area contributed by atoms with Crippen molar-refractivity contribution >= 4 is 17.5 Å². The van der Waals surface area contributed by atoms with Crippen LogP contribution in [0.1, 0.15) is 29.6 Å². The number of nitrogens with zero attached hydrogens (tertiary/aromatic N) is 1. The van der Waals surface area contributed by atoms with Crippen LogP contribution in [-0.4, -0.2) is 29.0 Å². The van der Waals surface area contributed by atoms with Gasteiger partial charge in [0.2, 0.25) is 5.22 Å². The van der Waals surface area contributed by atoms with E-state index in [1.807, 2.05) is 0 Å². The molecule has 0 unspecified atom stereocenters. The monoisotopic (exact) mass is 333 g/mol. The van der Waals surface area contributed by atoms with Crippen molar-refractivity contribution < 1.29 is 13.9 Å². The molecular weight excluding hydrogens is 318 g/mol. The molecule has 2 aromatic rings. The topological polar surface area (TPSA) is 76.4 Å². The van der Waals surface area contributed by atoms with Crippen LogP contribution in [0.15, 0.2) is 34.9 Å². The third-order valence-corrected chi connectivity index (χ3v) is 4.57. The lowest BCUT2D eigenvalue weighted by molar-refractivity contribution is 0.0931. The van der Waals surface area contributed by atoms with E-state index in [4.69, 9.17) is 20.8 Å². The lowest BCUT2D eigenvalue weighted by Gasteiger charge is -2.21. The molecule has 0 spiro atoms. The lowest BCUT2D eigenvalue weighted by atomic mass is 9.95. The zero-order valence-electron chi connectivity index (χ0n) is 12.3. The van der Waals surface area contributed by atoms with E-state index in [-0.39, 0.29) is 23.2 Å². The Hall–Kier alpha value is -2.05. The average molecular weight is 334 g/mol. The van der Waals surface area contributed by atoms with Gasteiger partial charge in [-0.3, -0.25) is 4.79 Å². The minimum absolute atomic E-state index is 0.0601. The standard InChI is InChI=1S/C16H16ClN3O3/c17-14-8-18-16(23-14)22-11-4-1-9(2-5-11)15(21)20-13-7-10-3-6-12(13)19-10/h1-2,4-5,8,10,12-13,19H,3,6-7H2,(H,20,21)/t10-,12+,13-/m1/s1. The number of oxazole rings is 1. The van der Waals surface area contributed by atoms with Crippen molar-refractivity contribution in [3.8, 4) is 11.8 Å². The number of carbonyl (C=O) groups is 1. The molecular formula is C16H16ClN3O3. The largest absolute Gasteiger partial charge is 0.411 e. The van der Waals surface area contributed by atoms with Crippen LogP contribution in [0.4, 0.5) is 0 Å². The van der Waals surface area contributed by atoms with Crippen molar-refractivity contribution in [3.05, 3.63) is 41.2 Å². The van der Waals surface area contributed by atoms with Crippen LogP contribution >= 0.6 is 11.6 Å². The quantitative estimate of drug-likeness (QED) is 0.899. The lowest BCUT2D eigenvalue weighted by Crippen LogP contribution is -2.42. The van der Waals surface area contributed by atoms with E-state index in [2.05, 4.69) is 15.6 Å². The number of fused-ring (bicyclic) bond motifs is 2. The van der Waals surface area contributed by atoms with Gasteiger partial charge in [-0.15, -0.1) is 0 Å². The van der Waals surface area contributed by atoms with E-state index in [1.165, 1.54) is 12.6 Å². The molecule has 4 rings (SSSR count). The Morgan fingerprint density at radius 1 is 1.35 bits per heavy atom. The smallest absolute Gasteiger partial charge is 0.400 e. The predicted molar refractivity (Wildman–Crippen MR) is 83.8 cm³/mol. The SMILES string of the molecule is O=C(N[C@@H]1C[C@H]2CC[C@@H]1N2)c1ccc(Oc2ncc(Cl)o2)cc1. The van der Waals surface area contributed by atoms with Crippen LogP contribution in [0, 0.1) is 0 Å². The number of nitrogens with one attached hydrogen (secondary N) is 2. The number of benzene rings is 1. The molecule has 2 fully saturated rings. The molecule has 2 aliphatic rings. The minimum atomic E-state index is -0.0601. The van der Waals surface area contributed by atoms with Gasteiger partial charge in [0.15, 0.2) is 0 Å². The summed E-state index contributed by atoms with van der Waals surface area (Å²) in [7, 11) is 0. The molecule has 0 aliphatic carbocycles. The summed E-state index contributed by atoms with van der Waals surface area (Å²) < 4.78 is 10.4. The third-order valence-electron chi connectivity index (χ3n) is 4.39. The molecule has 23 heavy (non-hydrogen) atoms. The van der Waals surface area contributed by atoms with Crippen LogP contribution in [-0.2, 0) is 0 Å². The molecule has 1 aromatic carbocycles. The fourth-order valence-corrected chi connectivity index (χ4v) is 3.41. The highest BCUT2D eigenvalue weighted by Crippen LogP contribution is 2.28. The Bertz CT molecular complexity index is 716. The summed E-state index contributed by atoms with van der Waals surface area (Å²) in [6, 6.07) is 8.05. The van der Waals surface area contributed by atoms with Crippen molar-refractivity contribution in [2.24, 2.45) is 0 Å². The fraction of sp³-hybridized carbons (Fsp3) is 0.375. The first kappa shape index (κ1) is 14.5. The number of amides is 1. The molecule has 6 nitrogen and oxygen atoms in total. The zero-order valence-corrected chi connectivity index (χ0v) is 13.0. The van der Waals surface area contributed by atoms with E-state index in [1.54, 1.807) is 24.3 Å². The summed E-state index contributed by atoms with van der Waals surface area (Å²) in [4.78, 5) is 16.2. The summed E-state index contributed by atoms with van der Waals surface area (Å²) >= 11 is 5.63. The molecule has 120 valence electrons. The number of ether oxygens (including phenoxy) is 1. The van der Waals surface area contributed by atoms with Gasteiger partial charge in [-0.05, 0) is 55.1 Å². The Labute approximate surface area is 138 Å². The molecule has 2 aliphatic heterocycles. The second-order valence-electron chi connectivity index (χ2n) is 5.92. The first-order valence-electron chi connectivity index (χ1n) is 7.63. The van der Waals surface area contributed by atoms with Crippen LogP contribution in [0.3, 0.4) is 0 Å². The fourth-order valence-electron chi connectivity index (χ4n) is 3.30. The van der Waals surface area contributed by atoms with E-state index in [0.29, 0.717) is 23.4 Å². The van der Waals surface area contributed by atoms with Crippen LogP contribution in [0.25, 0.3) is 0 Å². The number of halogens is 1. The number of hydrogen-bond donors (Lipinski definition) is 2. The number of hydrogen-bond acceptors (Lipinski definition) is 5. The first-order chi connectivity index (χ1) is 11.2. The van der Waals surface area contributed by atoms with Crippen LogP contribution < -0.4 is 15.4 Å². The van der Waals surface area contributed by atoms with Crippen molar-refractivity contribution in [1.29, 1.82) is 0 Å². The van der Waals surface area contributed by atoms with Gasteiger partial charge >= 0.3 is 6.08 Å². The average Bonchev–Trinajstić information content (AvgIpc) is 3.25. The van der Waals surface area contributed by atoms with Crippen LogP contribution in [0.5, 0.6) is 11.8 Å². The second kappa shape index (κ2) is 5.86. The maximum atomic E-state index is 12.3. The minimum Gasteiger partial charge on any atom is -0.411 e. The Morgan fingerprint density at radius 2 is 2.17 bits per heavy atom. The van der Waals surface area contributed by atoms with Crippen LogP contribution in [0.2, 0.25) is 5.22 Å². The van der Waals surface area contributed by atoms with Gasteiger partial charge < -0.3 is 19.8 Å². The first-order valence-corrected chi connectivity index (χ1v) is 8.01. The number of rotatable bonds is 4.